The van der Waals surface area contributed by atoms with E-state index in [2.05, 4.69) is 26.1 Å². The SMILES string of the molecule is CCCC(F)OC(=O)C(C)NC(=O)[C@@H]1C[C@H](C)CC[C@H]1C(C)C. The van der Waals surface area contributed by atoms with Gasteiger partial charge in [0, 0.05) is 12.3 Å². The Labute approximate surface area is 139 Å². The number of hydrogen-bond donors (Lipinski definition) is 1. The van der Waals surface area contributed by atoms with Gasteiger partial charge < -0.3 is 10.1 Å². The van der Waals surface area contributed by atoms with E-state index in [0.717, 1.165) is 19.3 Å². The van der Waals surface area contributed by atoms with Crippen LogP contribution in [0.15, 0.2) is 0 Å². The molecule has 0 saturated heterocycles. The van der Waals surface area contributed by atoms with Crippen molar-refractivity contribution >= 4 is 11.9 Å². The van der Waals surface area contributed by atoms with Gasteiger partial charge in [-0.25, -0.2) is 9.18 Å². The summed E-state index contributed by atoms with van der Waals surface area (Å²) in [5.41, 5.74) is 0. The average Bonchev–Trinajstić information content (AvgIpc) is 2.46. The molecule has 0 aliphatic heterocycles. The molecule has 0 spiro atoms. The van der Waals surface area contributed by atoms with Crippen LogP contribution in [-0.4, -0.2) is 24.3 Å². The van der Waals surface area contributed by atoms with Crippen molar-refractivity contribution in [3.8, 4) is 0 Å². The molecule has 1 aliphatic carbocycles. The Hall–Kier alpha value is -1.13. The van der Waals surface area contributed by atoms with Gasteiger partial charge in [-0.2, -0.15) is 0 Å². The van der Waals surface area contributed by atoms with E-state index in [0.29, 0.717) is 24.2 Å². The summed E-state index contributed by atoms with van der Waals surface area (Å²) in [6, 6.07) is -0.817. The molecule has 0 radical (unpaired) electrons. The number of amides is 1. The third kappa shape index (κ3) is 6.11. The zero-order valence-corrected chi connectivity index (χ0v) is 15.1. The van der Waals surface area contributed by atoms with E-state index in [9.17, 15) is 14.0 Å². The normalized spacial score (nSPS) is 27.3. The molecular formula is C18H32FNO3. The number of esters is 1. The summed E-state index contributed by atoms with van der Waals surface area (Å²) in [6.07, 6.45) is 2.22. The van der Waals surface area contributed by atoms with Crippen molar-refractivity contribution in [1.29, 1.82) is 0 Å². The Morgan fingerprint density at radius 2 is 1.91 bits per heavy atom. The van der Waals surface area contributed by atoms with Crippen molar-refractivity contribution < 1.29 is 18.7 Å². The highest BCUT2D eigenvalue weighted by Gasteiger charge is 2.36. The number of carbonyl (C=O) groups is 2. The summed E-state index contributed by atoms with van der Waals surface area (Å²) < 4.78 is 18.1. The molecule has 1 fully saturated rings. The maximum Gasteiger partial charge on any atom is 0.330 e. The van der Waals surface area contributed by atoms with Gasteiger partial charge in [0.05, 0.1) is 0 Å². The minimum absolute atomic E-state index is 0.0779. The molecule has 134 valence electrons. The second kappa shape index (κ2) is 9.24. The monoisotopic (exact) mass is 329 g/mol. The number of nitrogens with one attached hydrogen (secondary N) is 1. The molecule has 0 aromatic carbocycles. The van der Waals surface area contributed by atoms with E-state index in [1.807, 2.05) is 6.92 Å². The van der Waals surface area contributed by atoms with E-state index in [1.54, 1.807) is 6.92 Å². The van der Waals surface area contributed by atoms with Crippen LogP contribution in [0, 0.1) is 23.7 Å². The number of halogens is 1. The van der Waals surface area contributed by atoms with Crippen molar-refractivity contribution in [3.63, 3.8) is 0 Å². The second-order valence-corrected chi connectivity index (χ2v) is 7.30. The maximum atomic E-state index is 13.4. The molecule has 4 nitrogen and oxygen atoms in total. The maximum absolute atomic E-state index is 13.4. The Morgan fingerprint density at radius 1 is 1.26 bits per heavy atom. The minimum Gasteiger partial charge on any atom is -0.430 e. The van der Waals surface area contributed by atoms with Gasteiger partial charge in [-0.3, -0.25) is 4.79 Å². The first kappa shape index (κ1) is 19.9. The van der Waals surface area contributed by atoms with Crippen LogP contribution in [0.2, 0.25) is 0 Å². The largest absolute Gasteiger partial charge is 0.430 e. The van der Waals surface area contributed by atoms with Crippen molar-refractivity contribution in [2.75, 3.05) is 0 Å². The number of alkyl halides is 1. The van der Waals surface area contributed by atoms with Gasteiger partial charge in [0.25, 0.3) is 0 Å². The minimum atomic E-state index is -1.59. The highest BCUT2D eigenvalue weighted by atomic mass is 19.1. The Morgan fingerprint density at radius 3 is 2.48 bits per heavy atom. The Kier molecular flexibility index (Phi) is 8.00. The van der Waals surface area contributed by atoms with E-state index in [4.69, 9.17) is 4.74 Å². The summed E-state index contributed by atoms with van der Waals surface area (Å²) >= 11 is 0. The standard InChI is InChI=1S/C18H32FNO3/c1-6-7-16(19)23-18(22)13(5)20-17(21)15-10-12(4)8-9-14(15)11(2)3/h11-16H,6-10H2,1-5H3,(H,20,21)/t12-,13?,14+,15-,16?/m1/s1. The van der Waals surface area contributed by atoms with Crippen molar-refractivity contribution in [2.45, 2.75) is 79.1 Å². The predicted molar refractivity (Wildman–Crippen MR) is 88.3 cm³/mol. The van der Waals surface area contributed by atoms with Crippen LogP contribution in [0.3, 0.4) is 0 Å². The molecule has 1 N–H and O–H groups in total. The summed E-state index contributed by atoms with van der Waals surface area (Å²) in [5, 5.41) is 2.72. The van der Waals surface area contributed by atoms with Gasteiger partial charge in [-0.05, 0) is 43.9 Å². The van der Waals surface area contributed by atoms with Crippen molar-refractivity contribution in [2.24, 2.45) is 23.7 Å². The van der Waals surface area contributed by atoms with Crippen LogP contribution in [0.25, 0.3) is 0 Å². The topological polar surface area (TPSA) is 55.4 Å². The average molecular weight is 329 g/mol. The summed E-state index contributed by atoms with van der Waals surface area (Å²) in [4.78, 5) is 24.4. The molecule has 1 saturated carbocycles. The van der Waals surface area contributed by atoms with Gasteiger partial charge in [-0.15, -0.1) is 0 Å². The number of rotatable bonds is 7. The molecule has 5 atom stereocenters. The third-order valence-electron chi connectivity index (χ3n) is 4.83. The fourth-order valence-corrected chi connectivity index (χ4v) is 3.40. The Balaban J connectivity index is 2.59. The van der Waals surface area contributed by atoms with E-state index in [-0.39, 0.29) is 18.2 Å². The van der Waals surface area contributed by atoms with Crippen LogP contribution in [-0.2, 0) is 14.3 Å². The van der Waals surface area contributed by atoms with Gasteiger partial charge in [0.2, 0.25) is 12.3 Å². The molecule has 0 heterocycles. The molecule has 1 aliphatic rings. The summed E-state index contributed by atoms with van der Waals surface area (Å²) in [7, 11) is 0. The van der Waals surface area contributed by atoms with Gasteiger partial charge >= 0.3 is 5.97 Å². The molecule has 2 unspecified atom stereocenters. The molecule has 1 amide bonds. The molecule has 5 heteroatoms. The smallest absolute Gasteiger partial charge is 0.330 e. The first-order chi connectivity index (χ1) is 10.8. The van der Waals surface area contributed by atoms with Crippen LogP contribution in [0.4, 0.5) is 4.39 Å². The van der Waals surface area contributed by atoms with Gasteiger partial charge in [0.15, 0.2) is 0 Å². The third-order valence-corrected chi connectivity index (χ3v) is 4.83. The molecule has 0 bridgehead atoms. The van der Waals surface area contributed by atoms with E-state index in [1.165, 1.54) is 0 Å². The van der Waals surface area contributed by atoms with Gasteiger partial charge in [0.1, 0.15) is 6.04 Å². The first-order valence-corrected chi connectivity index (χ1v) is 8.91. The van der Waals surface area contributed by atoms with Crippen LogP contribution in [0.1, 0.15) is 66.7 Å². The van der Waals surface area contributed by atoms with Crippen LogP contribution < -0.4 is 5.32 Å². The van der Waals surface area contributed by atoms with E-state index >= 15 is 0 Å². The zero-order chi connectivity index (χ0) is 17.6. The number of carbonyl (C=O) groups excluding carboxylic acids is 2. The highest BCUT2D eigenvalue weighted by Crippen LogP contribution is 2.38. The van der Waals surface area contributed by atoms with Crippen molar-refractivity contribution in [1.82, 2.24) is 5.32 Å². The van der Waals surface area contributed by atoms with E-state index < -0.39 is 18.4 Å². The fraction of sp³-hybridized carbons (Fsp3) is 0.889. The molecule has 0 aromatic rings. The molecular weight excluding hydrogens is 297 g/mol. The lowest BCUT2D eigenvalue weighted by Crippen LogP contribution is -2.46. The van der Waals surface area contributed by atoms with Crippen LogP contribution >= 0.6 is 0 Å². The fourth-order valence-electron chi connectivity index (χ4n) is 3.40. The van der Waals surface area contributed by atoms with Gasteiger partial charge in [-0.1, -0.05) is 34.1 Å². The number of hydrogen-bond acceptors (Lipinski definition) is 3. The van der Waals surface area contributed by atoms with Crippen molar-refractivity contribution in [3.05, 3.63) is 0 Å². The molecule has 0 aromatic heterocycles. The zero-order valence-electron chi connectivity index (χ0n) is 15.1. The Bertz CT molecular complexity index is 400. The lowest BCUT2D eigenvalue weighted by Gasteiger charge is -2.36. The first-order valence-electron chi connectivity index (χ1n) is 8.91. The lowest BCUT2D eigenvalue weighted by molar-refractivity contribution is -0.162. The molecule has 23 heavy (non-hydrogen) atoms. The number of ether oxygens (including phenoxy) is 1. The highest BCUT2D eigenvalue weighted by molar-refractivity contribution is 5.85. The quantitative estimate of drug-likeness (QED) is 0.722. The lowest BCUT2D eigenvalue weighted by atomic mass is 9.69. The van der Waals surface area contributed by atoms with Crippen LogP contribution in [0.5, 0.6) is 0 Å². The second-order valence-electron chi connectivity index (χ2n) is 7.30. The summed E-state index contributed by atoms with van der Waals surface area (Å²) in [5.74, 6) is 0.396. The summed E-state index contributed by atoms with van der Waals surface area (Å²) in [6.45, 7) is 9.80. The predicted octanol–water partition coefficient (Wildman–Crippen LogP) is 3.84. The molecule has 1 rings (SSSR count).